The largest absolute Gasteiger partial charge is 0.497 e. The van der Waals surface area contributed by atoms with Crippen LogP contribution in [0.2, 0.25) is 18.6 Å². The van der Waals surface area contributed by atoms with Crippen LogP contribution in [0.25, 0.3) is 0 Å². The highest BCUT2D eigenvalue weighted by molar-refractivity contribution is 14.1. The van der Waals surface area contributed by atoms with Crippen LogP contribution in [0, 0.1) is 9.49 Å². The van der Waals surface area contributed by atoms with Crippen LogP contribution in [0.15, 0.2) is 79.0 Å². The molecule has 2 aliphatic heterocycles. The number of ether oxygens (including phenoxy) is 2. The molecule has 1 saturated heterocycles. The first-order chi connectivity index (χ1) is 21.2. The summed E-state index contributed by atoms with van der Waals surface area (Å²) in [7, 11) is -0.546. The van der Waals surface area contributed by atoms with Gasteiger partial charge in [-0.2, -0.15) is 0 Å². The van der Waals surface area contributed by atoms with Gasteiger partial charge in [-0.25, -0.2) is 0 Å². The highest BCUT2D eigenvalue weighted by atomic mass is 127. The second kappa shape index (κ2) is 12.4. The number of anilines is 1. The number of aliphatic hydroxyl groups is 1. The summed E-state index contributed by atoms with van der Waals surface area (Å²) in [6.45, 7) is 8.16. The number of methoxy groups -OCH3 is 1. The first-order valence-electron chi connectivity index (χ1n) is 15.2. The number of aromatic nitrogens is 3. The predicted octanol–water partition coefficient (Wildman–Crippen LogP) is 5.28. The maximum absolute atomic E-state index is 14.8. The summed E-state index contributed by atoms with van der Waals surface area (Å²) in [5.74, 6) is 0.785. The van der Waals surface area contributed by atoms with Crippen molar-refractivity contribution in [3.05, 3.63) is 99.4 Å². The molecule has 0 saturated carbocycles. The highest BCUT2D eigenvalue weighted by Crippen LogP contribution is 2.60. The molecule has 4 aromatic rings. The smallest absolute Gasteiger partial charge is 0.264 e. The monoisotopic (exact) mass is 722 g/mol. The highest BCUT2D eigenvalue weighted by Gasteiger charge is 2.66. The number of para-hydroxylation sites is 1. The van der Waals surface area contributed by atoms with E-state index in [1.165, 1.54) is 5.19 Å². The number of fused-ring (bicyclic) bond motifs is 2. The van der Waals surface area contributed by atoms with Crippen molar-refractivity contribution in [3.8, 4) is 5.75 Å². The quantitative estimate of drug-likeness (QED) is 0.177. The molecular formula is C34H39IN4O4Si. The Morgan fingerprint density at radius 3 is 2.59 bits per heavy atom. The molecule has 6 rings (SSSR count). The number of halogens is 1. The Balaban J connectivity index is 1.40. The number of aryl methyl sites for hydroxylation is 1. The van der Waals surface area contributed by atoms with Crippen LogP contribution in [0.5, 0.6) is 5.75 Å². The van der Waals surface area contributed by atoms with Gasteiger partial charge in [0, 0.05) is 40.8 Å². The number of hydrogen-bond donors (Lipinski definition) is 1. The maximum Gasteiger partial charge on any atom is 0.264 e. The minimum atomic E-state index is -2.23. The van der Waals surface area contributed by atoms with E-state index in [0.717, 1.165) is 31.8 Å². The third-order valence-electron chi connectivity index (χ3n) is 9.57. The van der Waals surface area contributed by atoms with Crippen molar-refractivity contribution in [2.75, 3.05) is 18.6 Å². The molecule has 1 fully saturated rings. The first-order valence-corrected chi connectivity index (χ1v) is 19.3. The predicted molar refractivity (Wildman–Crippen MR) is 182 cm³/mol. The summed E-state index contributed by atoms with van der Waals surface area (Å²) < 4.78 is 15.6. The zero-order valence-corrected chi connectivity index (χ0v) is 28.8. The number of rotatable bonds is 10. The Hall–Kier alpha value is -3.06. The van der Waals surface area contributed by atoms with Crippen LogP contribution in [-0.2, 0) is 34.6 Å². The van der Waals surface area contributed by atoms with E-state index >= 15 is 0 Å². The van der Waals surface area contributed by atoms with Crippen molar-refractivity contribution in [1.29, 1.82) is 0 Å². The van der Waals surface area contributed by atoms with Crippen molar-refractivity contribution < 1.29 is 19.4 Å². The lowest BCUT2D eigenvalue weighted by Crippen LogP contribution is -2.51. The van der Waals surface area contributed by atoms with Gasteiger partial charge in [-0.05, 0) is 70.4 Å². The molecule has 1 amide bonds. The average Bonchev–Trinajstić information content (AvgIpc) is 3.67. The van der Waals surface area contributed by atoms with Crippen molar-refractivity contribution >= 4 is 47.4 Å². The van der Waals surface area contributed by atoms with Gasteiger partial charge in [0.25, 0.3) is 5.91 Å². The summed E-state index contributed by atoms with van der Waals surface area (Å²) in [5.41, 5.74) is 2.81. The lowest BCUT2D eigenvalue weighted by molar-refractivity contribution is -0.146. The van der Waals surface area contributed by atoms with E-state index in [4.69, 9.17) is 9.47 Å². The maximum atomic E-state index is 14.8. The number of amides is 1. The summed E-state index contributed by atoms with van der Waals surface area (Å²) in [5, 5.41) is 19.2. The molecule has 1 aromatic heterocycles. The van der Waals surface area contributed by atoms with Gasteiger partial charge in [-0.15, -0.1) is 5.10 Å². The fourth-order valence-electron chi connectivity index (χ4n) is 7.45. The second-order valence-electron chi connectivity index (χ2n) is 12.4. The molecule has 8 nitrogen and oxygen atoms in total. The summed E-state index contributed by atoms with van der Waals surface area (Å²) in [6, 6.07) is 24.9. The van der Waals surface area contributed by atoms with Crippen LogP contribution in [-0.4, -0.2) is 53.9 Å². The number of nitrogens with zero attached hydrogens (tertiary/aromatic N) is 4. The lowest BCUT2D eigenvalue weighted by Gasteiger charge is -2.37. The van der Waals surface area contributed by atoms with E-state index in [2.05, 4.69) is 95.4 Å². The molecule has 230 valence electrons. The van der Waals surface area contributed by atoms with Gasteiger partial charge in [0.05, 0.1) is 39.2 Å². The third-order valence-corrected chi connectivity index (χ3v) is 14.6. The summed E-state index contributed by atoms with van der Waals surface area (Å²) >= 11 is 2.32. The number of carbonyl (C=O) groups is 1. The van der Waals surface area contributed by atoms with E-state index in [0.29, 0.717) is 25.9 Å². The third kappa shape index (κ3) is 5.39. The second-order valence-corrected chi connectivity index (χ2v) is 18.4. The number of benzene rings is 3. The molecule has 1 N–H and O–H groups in total. The topological polar surface area (TPSA) is 89.7 Å². The van der Waals surface area contributed by atoms with Gasteiger partial charge in [-0.3, -0.25) is 9.48 Å². The fraction of sp³-hybridized carbons (Fsp3) is 0.382. The van der Waals surface area contributed by atoms with E-state index in [-0.39, 0.29) is 30.1 Å². The Bertz CT molecular complexity index is 1640. The van der Waals surface area contributed by atoms with Crippen LogP contribution in [0.3, 0.4) is 0 Å². The van der Waals surface area contributed by atoms with Crippen molar-refractivity contribution in [2.45, 2.75) is 63.2 Å². The van der Waals surface area contributed by atoms with Gasteiger partial charge >= 0.3 is 0 Å². The molecule has 0 aliphatic carbocycles. The van der Waals surface area contributed by atoms with Crippen molar-refractivity contribution in [1.82, 2.24) is 15.0 Å². The fourth-order valence-corrected chi connectivity index (χ4v) is 12.1. The Labute approximate surface area is 273 Å². The number of carbonyl (C=O) groups excluding carboxylic acids is 1. The molecule has 1 spiro atoms. The van der Waals surface area contributed by atoms with E-state index in [9.17, 15) is 9.90 Å². The van der Waals surface area contributed by atoms with Gasteiger partial charge in [0.2, 0.25) is 0 Å². The standard InChI is InChI=1S/C34H39IN4O4Si/c1-23-32(44(3,4)28-14-12-27(42-2)13-15-28)31(16-18-38-22-26(17-19-40)36-37-38)43-34(23)29-10-5-6-11-30(29)39(33(34)41)21-24-8-7-9-25(35)20-24/h5-15,20,22-23,31-32,40H,16-19,21H2,1-4H3/t23-,31+,32-,34+/m1/s1. The van der Waals surface area contributed by atoms with E-state index in [1.807, 2.05) is 46.1 Å². The minimum Gasteiger partial charge on any atom is -0.497 e. The molecule has 2 aliphatic rings. The van der Waals surface area contributed by atoms with E-state index in [1.54, 1.807) is 7.11 Å². The Morgan fingerprint density at radius 1 is 1.09 bits per heavy atom. The molecule has 3 heterocycles. The summed E-state index contributed by atoms with van der Waals surface area (Å²) in [4.78, 5) is 16.7. The van der Waals surface area contributed by atoms with Gasteiger partial charge in [0.15, 0.2) is 5.60 Å². The van der Waals surface area contributed by atoms with Crippen LogP contribution < -0.4 is 14.8 Å². The zero-order valence-electron chi connectivity index (χ0n) is 25.6. The molecule has 10 heteroatoms. The van der Waals surface area contributed by atoms with Crippen LogP contribution in [0.4, 0.5) is 5.69 Å². The van der Waals surface area contributed by atoms with Gasteiger partial charge < -0.3 is 19.5 Å². The number of aliphatic hydroxyl groups excluding tert-OH is 1. The SMILES string of the molecule is COc1ccc([Si](C)(C)[C@H]2[C@H](CCn3cc(CCO)nn3)O[C@@]3(C(=O)N(Cc4cccc(I)c4)c4ccccc43)[C@@H]2C)cc1. The normalized spacial score (nSPS) is 23.0. The van der Waals surface area contributed by atoms with Crippen molar-refractivity contribution in [2.24, 2.45) is 5.92 Å². The van der Waals surface area contributed by atoms with Crippen LogP contribution in [0.1, 0.15) is 30.2 Å². The molecular weight excluding hydrogens is 683 g/mol. The van der Waals surface area contributed by atoms with Crippen molar-refractivity contribution in [3.63, 3.8) is 0 Å². The van der Waals surface area contributed by atoms with Gasteiger partial charge in [-0.1, -0.05) is 72.9 Å². The molecule has 0 bridgehead atoms. The van der Waals surface area contributed by atoms with E-state index < -0.39 is 13.7 Å². The first kappa shape index (κ1) is 30.9. The molecule has 0 radical (unpaired) electrons. The molecule has 4 atom stereocenters. The lowest BCUT2D eigenvalue weighted by atomic mass is 9.82. The Morgan fingerprint density at radius 2 is 1.86 bits per heavy atom. The summed E-state index contributed by atoms with van der Waals surface area (Å²) in [6.07, 6.45) is 2.89. The number of hydrogen-bond acceptors (Lipinski definition) is 6. The molecule has 44 heavy (non-hydrogen) atoms. The minimum absolute atomic E-state index is 0.0167. The average molecular weight is 723 g/mol. The molecule has 0 unspecified atom stereocenters. The van der Waals surface area contributed by atoms with Crippen LogP contribution >= 0.6 is 22.6 Å². The molecule has 3 aromatic carbocycles. The zero-order chi connectivity index (χ0) is 31.1. The Kier molecular flexibility index (Phi) is 8.71. The van der Waals surface area contributed by atoms with Gasteiger partial charge in [0.1, 0.15) is 5.75 Å².